The first-order valence-electron chi connectivity index (χ1n) is 4.61. The van der Waals surface area contributed by atoms with Crippen molar-refractivity contribution in [2.75, 3.05) is 0 Å². The van der Waals surface area contributed by atoms with E-state index in [-0.39, 0.29) is 5.92 Å². The molecule has 2 rings (SSSR count). The number of rotatable bonds is 2. The van der Waals surface area contributed by atoms with Crippen molar-refractivity contribution >= 4 is 18.4 Å². The SMILES string of the molecule is C=NOC(=O)C12CCCC1C(C)=NO2. The van der Waals surface area contributed by atoms with E-state index in [0.29, 0.717) is 6.42 Å². The number of carbonyl (C=O) groups excluding carboxylic acids is 1. The lowest BCUT2D eigenvalue weighted by molar-refractivity contribution is -0.171. The standard InChI is InChI=1S/C9H12N2O3/c1-6-7-4-3-5-9(7,14-11-6)8(12)13-10-2/h7H,2-5H2,1H3. The largest absolute Gasteiger partial charge is 0.381 e. The second-order valence-corrected chi connectivity index (χ2v) is 3.67. The Morgan fingerprint density at radius 2 is 2.64 bits per heavy atom. The summed E-state index contributed by atoms with van der Waals surface area (Å²) in [6, 6.07) is 0. The lowest BCUT2D eigenvalue weighted by Gasteiger charge is -2.22. The summed E-state index contributed by atoms with van der Waals surface area (Å²) in [7, 11) is 0. The second kappa shape index (κ2) is 3.08. The minimum Gasteiger partial charge on any atom is -0.376 e. The predicted octanol–water partition coefficient (Wildman–Crippen LogP) is 1.09. The van der Waals surface area contributed by atoms with Gasteiger partial charge >= 0.3 is 5.97 Å². The van der Waals surface area contributed by atoms with E-state index in [9.17, 15) is 4.79 Å². The zero-order valence-corrected chi connectivity index (χ0v) is 8.02. The van der Waals surface area contributed by atoms with E-state index >= 15 is 0 Å². The predicted molar refractivity (Wildman–Crippen MR) is 49.9 cm³/mol. The highest BCUT2D eigenvalue weighted by atomic mass is 16.7. The molecule has 0 aromatic carbocycles. The van der Waals surface area contributed by atoms with Crippen molar-refractivity contribution in [2.45, 2.75) is 31.8 Å². The van der Waals surface area contributed by atoms with E-state index in [1.807, 2.05) is 6.92 Å². The van der Waals surface area contributed by atoms with Crippen molar-refractivity contribution in [1.29, 1.82) is 0 Å². The van der Waals surface area contributed by atoms with Gasteiger partial charge in [0.05, 0.1) is 11.6 Å². The Balaban J connectivity index is 2.23. The molecule has 0 amide bonds. The molecule has 5 heteroatoms. The Morgan fingerprint density at radius 3 is 3.36 bits per heavy atom. The molecule has 1 aliphatic heterocycles. The molecule has 2 aliphatic rings. The van der Waals surface area contributed by atoms with Crippen molar-refractivity contribution < 1.29 is 14.5 Å². The Kier molecular flexibility index (Phi) is 2.02. The van der Waals surface area contributed by atoms with Gasteiger partial charge < -0.3 is 9.68 Å². The zero-order chi connectivity index (χ0) is 10.2. The summed E-state index contributed by atoms with van der Waals surface area (Å²) in [6.45, 7) is 4.98. The molecular weight excluding hydrogens is 184 g/mol. The Bertz CT molecular complexity index is 313. The van der Waals surface area contributed by atoms with Gasteiger partial charge in [-0.3, -0.25) is 0 Å². The molecule has 2 unspecified atom stereocenters. The number of nitrogens with zero attached hydrogens (tertiary/aromatic N) is 2. The van der Waals surface area contributed by atoms with Gasteiger partial charge in [0.25, 0.3) is 0 Å². The van der Waals surface area contributed by atoms with Crippen LogP contribution >= 0.6 is 0 Å². The normalized spacial score (nSPS) is 34.4. The van der Waals surface area contributed by atoms with Crippen molar-refractivity contribution in [1.82, 2.24) is 0 Å². The third-order valence-corrected chi connectivity index (χ3v) is 2.95. The molecule has 0 bridgehead atoms. The third kappa shape index (κ3) is 1.05. The van der Waals surface area contributed by atoms with E-state index in [2.05, 4.69) is 21.9 Å². The summed E-state index contributed by atoms with van der Waals surface area (Å²) in [5.74, 6) is -0.424. The maximum absolute atomic E-state index is 11.6. The van der Waals surface area contributed by atoms with Gasteiger partial charge in [0.1, 0.15) is 0 Å². The van der Waals surface area contributed by atoms with Crippen molar-refractivity contribution in [3.63, 3.8) is 0 Å². The molecule has 1 heterocycles. The second-order valence-electron chi connectivity index (χ2n) is 3.67. The molecule has 0 aromatic rings. The summed E-state index contributed by atoms with van der Waals surface area (Å²) in [6.07, 6.45) is 2.51. The molecule has 0 aromatic heterocycles. The van der Waals surface area contributed by atoms with E-state index in [1.165, 1.54) is 0 Å². The molecule has 0 saturated heterocycles. The van der Waals surface area contributed by atoms with Gasteiger partial charge in [-0.2, -0.15) is 0 Å². The average Bonchev–Trinajstić information content (AvgIpc) is 2.69. The van der Waals surface area contributed by atoms with Crippen LogP contribution in [0.5, 0.6) is 0 Å². The fourth-order valence-electron chi connectivity index (χ4n) is 2.27. The highest BCUT2D eigenvalue weighted by molar-refractivity contribution is 5.95. The van der Waals surface area contributed by atoms with Crippen LogP contribution < -0.4 is 0 Å². The van der Waals surface area contributed by atoms with Crippen molar-refractivity contribution in [3.05, 3.63) is 0 Å². The van der Waals surface area contributed by atoms with Crippen LogP contribution in [-0.2, 0) is 14.5 Å². The maximum Gasteiger partial charge on any atom is 0.381 e. The van der Waals surface area contributed by atoms with Crippen molar-refractivity contribution in [3.8, 4) is 0 Å². The molecule has 5 nitrogen and oxygen atoms in total. The van der Waals surface area contributed by atoms with Gasteiger partial charge in [0.2, 0.25) is 5.60 Å². The van der Waals surface area contributed by atoms with Crippen molar-refractivity contribution in [2.24, 2.45) is 16.2 Å². The molecule has 1 saturated carbocycles. The van der Waals surface area contributed by atoms with Crippen LogP contribution in [0.4, 0.5) is 0 Å². The quantitative estimate of drug-likeness (QED) is 0.377. The lowest BCUT2D eigenvalue weighted by atomic mass is 9.88. The summed E-state index contributed by atoms with van der Waals surface area (Å²) < 4.78 is 0. The number of hydrogen-bond acceptors (Lipinski definition) is 5. The molecule has 0 spiro atoms. The molecule has 1 aliphatic carbocycles. The summed E-state index contributed by atoms with van der Waals surface area (Å²) in [5.41, 5.74) is -0.0471. The molecule has 0 radical (unpaired) electrons. The number of carbonyl (C=O) groups is 1. The summed E-state index contributed by atoms with van der Waals surface area (Å²) in [4.78, 5) is 21.4. The van der Waals surface area contributed by atoms with E-state index in [1.54, 1.807) is 0 Å². The zero-order valence-electron chi connectivity index (χ0n) is 8.02. The van der Waals surface area contributed by atoms with Crippen LogP contribution in [0.25, 0.3) is 0 Å². The van der Waals surface area contributed by atoms with Gasteiger partial charge in [0.15, 0.2) is 0 Å². The fourth-order valence-corrected chi connectivity index (χ4v) is 2.27. The molecule has 2 atom stereocenters. The third-order valence-electron chi connectivity index (χ3n) is 2.95. The number of oxime groups is 2. The van der Waals surface area contributed by atoms with Gasteiger partial charge in [-0.25, -0.2) is 4.79 Å². The maximum atomic E-state index is 11.6. The van der Waals surface area contributed by atoms with Gasteiger partial charge in [-0.15, -0.1) is 0 Å². The van der Waals surface area contributed by atoms with Gasteiger partial charge in [0, 0.05) is 13.1 Å². The average molecular weight is 196 g/mol. The summed E-state index contributed by atoms with van der Waals surface area (Å²) >= 11 is 0. The Hall–Kier alpha value is -1.39. The first-order valence-corrected chi connectivity index (χ1v) is 4.61. The highest BCUT2D eigenvalue weighted by Crippen LogP contribution is 2.44. The van der Waals surface area contributed by atoms with Crippen LogP contribution in [0, 0.1) is 5.92 Å². The molecule has 1 fully saturated rings. The fraction of sp³-hybridized carbons (Fsp3) is 0.667. The van der Waals surface area contributed by atoms with Gasteiger partial charge in [-0.05, 0) is 19.8 Å². The van der Waals surface area contributed by atoms with Crippen LogP contribution in [0.3, 0.4) is 0 Å². The van der Waals surface area contributed by atoms with E-state index < -0.39 is 11.6 Å². The smallest absolute Gasteiger partial charge is 0.376 e. The first kappa shape index (κ1) is 9.18. The monoisotopic (exact) mass is 196 g/mol. The van der Waals surface area contributed by atoms with E-state index in [0.717, 1.165) is 18.6 Å². The summed E-state index contributed by atoms with van der Waals surface area (Å²) in [5, 5.41) is 6.98. The molecule has 0 N–H and O–H groups in total. The number of hydrogen-bond donors (Lipinski definition) is 0. The number of fused-ring (bicyclic) bond motifs is 1. The molecule has 76 valence electrons. The minimum absolute atomic E-state index is 0.0525. The Labute approximate surface area is 81.7 Å². The van der Waals surface area contributed by atoms with Crippen LogP contribution in [0.1, 0.15) is 26.2 Å². The minimum atomic E-state index is -0.911. The van der Waals surface area contributed by atoms with Gasteiger partial charge in [-0.1, -0.05) is 10.3 Å². The molecular formula is C9H12N2O3. The molecule has 14 heavy (non-hydrogen) atoms. The topological polar surface area (TPSA) is 60.2 Å². The van der Waals surface area contributed by atoms with E-state index in [4.69, 9.17) is 4.84 Å². The van der Waals surface area contributed by atoms with Crippen LogP contribution in [0.15, 0.2) is 10.3 Å². The van der Waals surface area contributed by atoms with Crippen LogP contribution in [-0.4, -0.2) is 24.0 Å². The first-order chi connectivity index (χ1) is 6.70. The van der Waals surface area contributed by atoms with Crippen LogP contribution in [0.2, 0.25) is 0 Å². The lowest BCUT2D eigenvalue weighted by Crippen LogP contribution is -2.43. The highest BCUT2D eigenvalue weighted by Gasteiger charge is 2.58. The Morgan fingerprint density at radius 1 is 1.86 bits per heavy atom.